The second-order valence-electron chi connectivity index (χ2n) is 5.50. The van der Waals surface area contributed by atoms with Crippen LogP contribution in [0.1, 0.15) is 5.56 Å². The van der Waals surface area contributed by atoms with Crippen molar-refractivity contribution < 1.29 is 17.9 Å². The van der Waals surface area contributed by atoms with Crippen LogP contribution in [-0.4, -0.2) is 48.7 Å². The zero-order valence-corrected chi connectivity index (χ0v) is 18.2. The van der Waals surface area contributed by atoms with Crippen molar-refractivity contribution >= 4 is 38.9 Å². The van der Waals surface area contributed by atoms with E-state index in [4.69, 9.17) is 21.1 Å². The number of ether oxygens (including phenoxy) is 2. The van der Waals surface area contributed by atoms with Crippen molar-refractivity contribution in [2.75, 3.05) is 34.4 Å². The molecule has 0 unspecified atom stereocenters. The summed E-state index contributed by atoms with van der Waals surface area (Å²) in [6, 6.07) is 8.66. The molecule has 0 atom stereocenters. The molecule has 0 spiro atoms. The summed E-state index contributed by atoms with van der Waals surface area (Å²) in [7, 11) is 1.26. The molecule has 1 heterocycles. The second-order valence-corrected chi connectivity index (χ2v) is 9.21. The number of nitrogens with one attached hydrogen (secondary N) is 3. The largest absolute Gasteiger partial charge is 0.493 e. The van der Waals surface area contributed by atoms with Gasteiger partial charge in [0.1, 0.15) is 4.21 Å². The first-order valence-electron chi connectivity index (χ1n) is 8.30. The first kappa shape index (κ1) is 22.3. The van der Waals surface area contributed by atoms with Gasteiger partial charge in [-0.3, -0.25) is 4.99 Å². The maximum Gasteiger partial charge on any atom is 0.250 e. The first-order valence-corrected chi connectivity index (χ1v) is 11.0. The molecule has 0 saturated carbocycles. The summed E-state index contributed by atoms with van der Waals surface area (Å²) in [5.74, 6) is 1.86. The number of hydrogen-bond acceptors (Lipinski definition) is 6. The van der Waals surface area contributed by atoms with Crippen LogP contribution in [0.25, 0.3) is 0 Å². The predicted octanol–water partition coefficient (Wildman–Crippen LogP) is 2.06. The lowest BCUT2D eigenvalue weighted by atomic mass is 10.2. The van der Waals surface area contributed by atoms with Crippen molar-refractivity contribution in [3.05, 3.63) is 40.2 Å². The third kappa shape index (κ3) is 6.26. The third-order valence-electron chi connectivity index (χ3n) is 3.65. The zero-order valence-electron chi connectivity index (χ0n) is 15.8. The van der Waals surface area contributed by atoms with Crippen LogP contribution >= 0.6 is 22.9 Å². The molecule has 11 heteroatoms. The van der Waals surface area contributed by atoms with E-state index in [0.717, 1.165) is 16.9 Å². The van der Waals surface area contributed by atoms with Gasteiger partial charge in [-0.25, -0.2) is 13.1 Å². The molecule has 2 rings (SSSR count). The average molecular weight is 447 g/mol. The predicted molar refractivity (Wildman–Crippen MR) is 112 cm³/mol. The fourth-order valence-electron chi connectivity index (χ4n) is 2.28. The van der Waals surface area contributed by atoms with Crippen LogP contribution in [-0.2, 0) is 16.6 Å². The SMILES string of the molecule is CN=C(NCCNS(=O)(=O)c1ccc(Cl)s1)NCc1ccc(OC)c(OC)c1. The summed E-state index contributed by atoms with van der Waals surface area (Å²) in [6.45, 7) is 1.08. The molecule has 0 amide bonds. The Morgan fingerprint density at radius 1 is 1.11 bits per heavy atom. The Hall–Kier alpha value is -2.01. The van der Waals surface area contributed by atoms with Gasteiger partial charge in [-0.15, -0.1) is 11.3 Å². The molecule has 0 fully saturated rings. The number of guanidine groups is 1. The van der Waals surface area contributed by atoms with Gasteiger partial charge in [0.05, 0.1) is 18.6 Å². The van der Waals surface area contributed by atoms with E-state index in [1.165, 1.54) is 6.07 Å². The zero-order chi connectivity index (χ0) is 20.6. The maximum absolute atomic E-state index is 12.1. The van der Waals surface area contributed by atoms with Crippen LogP contribution in [0.4, 0.5) is 0 Å². The Bertz CT molecular complexity index is 916. The van der Waals surface area contributed by atoms with Crippen LogP contribution in [0.2, 0.25) is 4.34 Å². The number of halogens is 1. The topological polar surface area (TPSA) is 101 Å². The first-order chi connectivity index (χ1) is 13.4. The molecule has 8 nitrogen and oxygen atoms in total. The Kier molecular flexibility index (Phi) is 8.36. The van der Waals surface area contributed by atoms with Gasteiger partial charge in [0.25, 0.3) is 0 Å². The molecule has 2 aromatic rings. The molecule has 0 radical (unpaired) electrons. The minimum absolute atomic E-state index is 0.188. The second kappa shape index (κ2) is 10.5. The van der Waals surface area contributed by atoms with Crippen molar-refractivity contribution in [2.24, 2.45) is 4.99 Å². The van der Waals surface area contributed by atoms with E-state index in [0.29, 0.717) is 34.9 Å². The van der Waals surface area contributed by atoms with Gasteiger partial charge in [-0.2, -0.15) is 0 Å². The summed E-state index contributed by atoms with van der Waals surface area (Å²) in [6.07, 6.45) is 0. The summed E-state index contributed by atoms with van der Waals surface area (Å²) >= 11 is 6.80. The number of aliphatic imine (C=N–C) groups is 1. The highest BCUT2D eigenvalue weighted by Crippen LogP contribution is 2.27. The van der Waals surface area contributed by atoms with E-state index >= 15 is 0 Å². The maximum atomic E-state index is 12.1. The number of nitrogens with zero attached hydrogens (tertiary/aromatic N) is 1. The van der Waals surface area contributed by atoms with E-state index in [2.05, 4.69) is 20.3 Å². The Morgan fingerprint density at radius 2 is 1.86 bits per heavy atom. The lowest BCUT2D eigenvalue weighted by Gasteiger charge is -2.13. The molecule has 0 aliphatic heterocycles. The van der Waals surface area contributed by atoms with Crippen LogP contribution in [0.3, 0.4) is 0 Å². The monoisotopic (exact) mass is 446 g/mol. The normalized spacial score (nSPS) is 11.9. The molecule has 1 aromatic carbocycles. The minimum Gasteiger partial charge on any atom is -0.493 e. The van der Waals surface area contributed by atoms with Crippen LogP contribution in [0, 0.1) is 0 Å². The number of methoxy groups -OCH3 is 2. The van der Waals surface area contributed by atoms with Gasteiger partial charge in [0.2, 0.25) is 10.0 Å². The molecule has 0 aliphatic carbocycles. The number of thiophene rings is 1. The summed E-state index contributed by atoms with van der Waals surface area (Å²) in [4.78, 5) is 4.12. The summed E-state index contributed by atoms with van der Waals surface area (Å²) < 4.78 is 37.9. The van der Waals surface area contributed by atoms with Crippen LogP contribution in [0.5, 0.6) is 11.5 Å². The van der Waals surface area contributed by atoms with Crippen molar-refractivity contribution in [1.82, 2.24) is 15.4 Å². The molecular weight excluding hydrogens is 424 g/mol. The molecule has 0 saturated heterocycles. The van der Waals surface area contributed by atoms with Crippen molar-refractivity contribution in [1.29, 1.82) is 0 Å². The molecule has 0 bridgehead atoms. The van der Waals surface area contributed by atoms with E-state index in [-0.39, 0.29) is 10.8 Å². The fraction of sp³-hybridized carbons (Fsp3) is 0.353. The molecule has 154 valence electrons. The molecule has 28 heavy (non-hydrogen) atoms. The van der Waals surface area contributed by atoms with E-state index in [9.17, 15) is 8.42 Å². The Labute approximate surface area is 174 Å². The van der Waals surface area contributed by atoms with E-state index in [1.54, 1.807) is 27.3 Å². The highest BCUT2D eigenvalue weighted by Gasteiger charge is 2.15. The van der Waals surface area contributed by atoms with Crippen molar-refractivity contribution in [3.8, 4) is 11.5 Å². The standard InChI is InChI=1S/C17H23ClN4O4S2/c1-19-17(21-11-12-4-5-13(25-2)14(10-12)26-3)20-8-9-22-28(23,24)16-7-6-15(18)27-16/h4-7,10,22H,8-9,11H2,1-3H3,(H2,19,20,21). The molecule has 3 N–H and O–H groups in total. The quantitative estimate of drug-likeness (QED) is 0.309. The minimum atomic E-state index is -3.56. The Balaban J connectivity index is 1.80. The molecule has 1 aromatic heterocycles. The lowest BCUT2D eigenvalue weighted by Crippen LogP contribution is -2.41. The van der Waals surface area contributed by atoms with Crippen LogP contribution in [0.15, 0.2) is 39.5 Å². The third-order valence-corrected chi connectivity index (χ3v) is 6.84. The number of sulfonamides is 1. The van der Waals surface area contributed by atoms with Gasteiger partial charge in [-0.05, 0) is 29.8 Å². The highest BCUT2D eigenvalue weighted by molar-refractivity contribution is 7.91. The van der Waals surface area contributed by atoms with Gasteiger partial charge >= 0.3 is 0 Å². The lowest BCUT2D eigenvalue weighted by molar-refractivity contribution is 0.354. The van der Waals surface area contributed by atoms with E-state index in [1.807, 2.05) is 18.2 Å². The van der Waals surface area contributed by atoms with Crippen LogP contribution < -0.4 is 24.8 Å². The average Bonchev–Trinajstić information content (AvgIpc) is 3.14. The number of benzene rings is 1. The van der Waals surface area contributed by atoms with Crippen molar-refractivity contribution in [3.63, 3.8) is 0 Å². The highest BCUT2D eigenvalue weighted by atomic mass is 35.5. The number of rotatable bonds is 9. The fourth-order valence-corrected chi connectivity index (χ4v) is 4.84. The summed E-state index contributed by atoms with van der Waals surface area (Å²) in [5.41, 5.74) is 0.982. The summed E-state index contributed by atoms with van der Waals surface area (Å²) in [5, 5.41) is 6.21. The van der Waals surface area contributed by atoms with Gasteiger partial charge in [0.15, 0.2) is 17.5 Å². The van der Waals surface area contributed by atoms with Gasteiger partial charge < -0.3 is 20.1 Å². The molecule has 0 aliphatic rings. The smallest absolute Gasteiger partial charge is 0.250 e. The van der Waals surface area contributed by atoms with Gasteiger partial charge in [-0.1, -0.05) is 17.7 Å². The Morgan fingerprint density at radius 3 is 2.46 bits per heavy atom. The number of hydrogen-bond donors (Lipinski definition) is 3. The molecular formula is C17H23ClN4O4S2. The van der Waals surface area contributed by atoms with Crippen molar-refractivity contribution in [2.45, 2.75) is 10.8 Å². The van der Waals surface area contributed by atoms with Gasteiger partial charge in [0, 0.05) is 26.7 Å². The van der Waals surface area contributed by atoms with E-state index < -0.39 is 10.0 Å².